The monoisotopic (exact) mass is 362 g/mol. The molecular weight excluding hydrogens is 336 g/mol. The third-order valence-corrected chi connectivity index (χ3v) is 4.99. The summed E-state index contributed by atoms with van der Waals surface area (Å²) in [4.78, 5) is 19.1. The van der Waals surface area contributed by atoms with Crippen molar-refractivity contribution in [3.8, 4) is 0 Å². The van der Waals surface area contributed by atoms with Crippen LogP contribution in [0.25, 0.3) is 11.0 Å². The Bertz CT molecular complexity index is 943. The number of benzene rings is 2. The molecule has 0 unspecified atom stereocenters. The van der Waals surface area contributed by atoms with Gasteiger partial charge in [0.25, 0.3) is 0 Å². The molecule has 2 heterocycles. The van der Waals surface area contributed by atoms with Gasteiger partial charge in [0.15, 0.2) is 0 Å². The minimum atomic E-state index is 0.0706. The molecule has 0 fully saturated rings. The molecule has 5 nitrogen and oxygen atoms in total. The number of carbonyl (C=O) groups excluding carboxylic acids is 1. The lowest BCUT2D eigenvalue weighted by molar-refractivity contribution is -0.116. The summed E-state index contributed by atoms with van der Waals surface area (Å²) in [6, 6.07) is 16.5. The van der Waals surface area contributed by atoms with E-state index in [9.17, 15) is 4.79 Å². The Morgan fingerprint density at radius 1 is 1.11 bits per heavy atom. The molecule has 0 atom stereocenters. The van der Waals surface area contributed by atoms with Crippen LogP contribution >= 0.6 is 0 Å². The number of anilines is 2. The maximum Gasteiger partial charge on any atom is 0.224 e. The van der Waals surface area contributed by atoms with Gasteiger partial charge in [-0.1, -0.05) is 26.0 Å². The Hall–Kier alpha value is -2.82. The van der Waals surface area contributed by atoms with Crippen LogP contribution in [0.4, 0.5) is 11.4 Å². The fourth-order valence-electron chi connectivity index (χ4n) is 3.72. The maximum absolute atomic E-state index is 11.9. The first-order valence-corrected chi connectivity index (χ1v) is 9.69. The van der Waals surface area contributed by atoms with Gasteiger partial charge in [0.1, 0.15) is 5.82 Å². The van der Waals surface area contributed by atoms with E-state index in [2.05, 4.69) is 59.0 Å². The van der Waals surface area contributed by atoms with Crippen molar-refractivity contribution in [1.29, 1.82) is 0 Å². The Balaban J connectivity index is 1.51. The number of rotatable bonds is 4. The molecular formula is C22H26N4O. The minimum Gasteiger partial charge on any atom is -0.364 e. The standard InChI is InChI=1S/C22H26N4O/c1-16(2)14-22(27)23-17-8-10-18(11-9-17)25-12-5-13-26-20-7-4-3-6-19(20)24-21(26)15-25/h3-4,6-11,16H,5,12-15H2,1-2H3,(H,23,27). The molecule has 27 heavy (non-hydrogen) atoms. The number of aromatic nitrogens is 2. The van der Waals surface area contributed by atoms with Gasteiger partial charge in [-0.3, -0.25) is 4.79 Å². The molecule has 5 heteroatoms. The van der Waals surface area contributed by atoms with Crippen LogP contribution in [0.5, 0.6) is 0 Å². The molecule has 0 saturated carbocycles. The van der Waals surface area contributed by atoms with E-state index in [-0.39, 0.29) is 5.91 Å². The quantitative estimate of drug-likeness (QED) is 0.747. The van der Waals surface area contributed by atoms with Crippen LogP contribution in [0.3, 0.4) is 0 Å². The highest BCUT2D eigenvalue weighted by Crippen LogP contribution is 2.25. The highest BCUT2D eigenvalue weighted by atomic mass is 16.1. The fraction of sp³-hybridized carbons (Fsp3) is 0.364. The smallest absolute Gasteiger partial charge is 0.224 e. The largest absolute Gasteiger partial charge is 0.364 e. The number of amides is 1. The maximum atomic E-state index is 11.9. The summed E-state index contributed by atoms with van der Waals surface area (Å²) < 4.78 is 2.34. The molecule has 1 aliphatic rings. The zero-order valence-corrected chi connectivity index (χ0v) is 16.0. The second-order valence-electron chi connectivity index (χ2n) is 7.64. The molecule has 3 aromatic rings. The second kappa shape index (κ2) is 7.43. The van der Waals surface area contributed by atoms with Gasteiger partial charge in [-0.15, -0.1) is 0 Å². The first kappa shape index (κ1) is 17.6. The molecule has 4 rings (SSSR count). The van der Waals surface area contributed by atoms with E-state index in [1.807, 2.05) is 18.2 Å². The summed E-state index contributed by atoms with van der Waals surface area (Å²) in [7, 11) is 0. The van der Waals surface area contributed by atoms with E-state index in [4.69, 9.17) is 4.98 Å². The SMILES string of the molecule is CC(C)CC(=O)Nc1ccc(N2CCCn3c(nc4ccccc43)C2)cc1. The molecule has 0 bridgehead atoms. The van der Waals surface area contributed by atoms with Crippen molar-refractivity contribution in [2.45, 2.75) is 39.8 Å². The van der Waals surface area contributed by atoms with E-state index >= 15 is 0 Å². The van der Waals surface area contributed by atoms with Crippen LogP contribution in [0, 0.1) is 5.92 Å². The summed E-state index contributed by atoms with van der Waals surface area (Å²) >= 11 is 0. The van der Waals surface area contributed by atoms with Gasteiger partial charge in [0.05, 0.1) is 17.6 Å². The predicted molar refractivity (Wildman–Crippen MR) is 110 cm³/mol. The zero-order valence-electron chi connectivity index (χ0n) is 16.0. The number of fused-ring (bicyclic) bond motifs is 3. The topological polar surface area (TPSA) is 50.2 Å². The van der Waals surface area contributed by atoms with Crippen molar-refractivity contribution in [3.05, 3.63) is 54.4 Å². The van der Waals surface area contributed by atoms with Crippen LogP contribution in [0.15, 0.2) is 48.5 Å². The number of hydrogen-bond acceptors (Lipinski definition) is 3. The van der Waals surface area contributed by atoms with Gasteiger partial charge in [0.2, 0.25) is 5.91 Å². The third-order valence-electron chi connectivity index (χ3n) is 4.99. The van der Waals surface area contributed by atoms with E-state index in [0.717, 1.165) is 48.8 Å². The Morgan fingerprint density at radius 3 is 2.67 bits per heavy atom. The summed E-state index contributed by atoms with van der Waals surface area (Å²) in [6.07, 6.45) is 1.63. The van der Waals surface area contributed by atoms with Gasteiger partial charge in [-0.25, -0.2) is 4.98 Å². The number of nitrogens with one attached hydrogen (secondary N) is 1. The molecule has 0 radical (unpaired) electrons. The van der Waals surface area contributed by atoms with E-state index < -0.39 is 0 Å². The van der Waals surface area contributed by atoms with Crippen molar-refractivity contribution in [3.63, 3.8) is 0 Å². The Labute approximate surface area is 160 Å². The molecule has 1 amide bonds. The average molecular weight is 362 g/mol. The van der Waals surface area contributed by atoms with E-state index in [0.29, 0.717) is 12.3 Å². The molecule has 1 aliphatic heterocycles. The number of nitrogens with zero attached hydrogens (tertiary/aromatic N) is 3. The fourth-order valence-corrected chi connectivity index (χ4v) is 3.72. The van der Waals surface area contributed by atoms with Gasteiger partial charge in [-0.05, 0) is 48.7 Å². The first-order valence-electron chi connectivity index (χ1n) is 9.69. The van der Waals surface area contributed by atoms with Crippen molar-refractivity contribution < 1.29 is 4.79 Å². The van der Waals surface area contributed by atoms with Crippen LogP contribution < -0.4 is 10.2 Å². The zero-order chi connectivity index (χ0) is 18.8. The number of imidazole rings is 1. The molecule has 0 saturated heterocycles. The summed E-state index contributed by atoms with van der Waals surface area (Å²) in [5, 5.41) is 2.98. The average Bonchev–Trinajstić information content (AvgIpc) is 2.84. The van der Waals surface area contributed by atoms with Crippen LogP contribution in [0.1, 0.15) is 32.5 Å². The summed E-state index contributed by atoms with van der Waals surface area (Å²) in [5.41, 5.74) is 4.30. The lowest BCUT2D eigenvalue weighted by Gasteiger charge is -2.22. The van der Waals surface area contributed by atoms with Crippen molar-refractivity contribution in [1.82, 2.24) is 9.55 Å². The lowest BCUT2D eigenvalue weighted by Crippen LogP contribution is -2.23. The number of carbonyl (C=O) groups is 1. The van der Waals surface area contributed by atoms with Gasteiger partial charge >= 0.3 is 0 Å². The number of aryl methyl sites for hydroxylation is 1. The molecule has 140 valence electrons. The van der Waals surface area contributed by atoms with Gasteiger partial charge in [0, 0.05) is 30.9 Å². The molecule has 0 aliphatic carbocycles. The highest BCUT2D eigenvalue weighted by molar-refractivity contribution is 5.91. The predicted octanol–water partition coefficient (Wildman–Crippen LogP) is 4.43. The van der Waals surface area contributed by atoms with Crippen molar-refractivity contribution >= 4 is 28.3 Å². The molecule has 2 aromatic carbocycles. The van der Waals surface area contributed by atoms with E-state index in [1.54, 1.807) is 0 Å². The summed E-state index contributed by atoms with van der Waals surface area (Å²) in [5.74, 6) is 1.55. The second-order valence-corrected chi connectivity index (χ2v) is 7.64. The Kier molecular flexibility index (Phi) is 4.84. The summed E-state index contributed by atoms with van der Waals surface area (Å²) in [6.45, 7) is 6.89. The Morgan fingerprint density at radius 2 is 1.89 bits per heavy atom. The van der Waals surface area contributed by atoms with Crippen LogP contribution in [-0.4, -0.2) is 22.0 Å². The molecule has 0 spiro atoms. The van der Waals surface area contributed by atoms with Crippen LogP contribution in [-0.2, 0) is 17.9 Å². The van der Waals surface area contributed by atoms with Crippen LogP contribution in [0.2, 0.25) is 0 Å². The van der Waals surface area contributed by atoms with Crippen molar-refractivity contribution in [2.75, 3.05) is 16.8 Å². The van der Waals surface area contributed by atoms with E-state index in [1.165, 1.54) is 5.52 Å². The molecule has 1 N–H and O–H groups in total. The number of para-hydroxylation sites is 2. The normalized spacial score (nSPS) is 14.3. The lowest BCUT2D eigenvalue weighted by atomic mass is 10.1. The molecule has 1 aromatic heterocycles. The van der Waals surface area contributed by atoms with Crippen molar-refractivity contribution in [2.24, 2.45) is 5.92 Å². The van der Waals surface area contributed by atoms with Gasteiger partial charge < -0.3 is 14.8 Å². The van der Waals surface area contributed by atoms with Gasteiger partial charge in [-0.2, -0.15) is 0 Å². The third kappa shape index (κ3) is 3.82. The number of hydrogen-bond donors (Lipinski definition) is 1. The first-order chi connectivity index (χ1) is 13.1. The minimum absolute atomic E-state index is 0.0706. The highest BCUT2D eigenvalue weighted by Gasteiger charge is 2.18.